The van der Waals surface area contributed by atoms with Crippen molar-refractivity contribution < 1.29 is 9.84 Å². The van der Waals surface area contributed by atoms with Gasteiger partial charge in [-0.25, -0.2) is 0 Å². The number of ether oxygens (including phenoxy) is 1. The summed E-state index contributed by atoms with van der Waals surface area (Å²) < 4.78 is 5.82. The van der Waals surface area contributed by atoms with Gasteiger partial charge in [0.05, 0.1) is 18.8 Å². The summed E-state index contributed by atoms with van der Waals surface area (Å²) in [6, 6.07) is 0.422. The summed E-state index contributed by atoms with van der Waals surface area (Å²) in [5, 5.41) is 13.0. The van der Waals surface area contributed by atoms with Crippen LogP contribution in [-0.2, 0) is 4.74 Å². The molecule has 3 heteroatoms. The minimum atomic E-state index is -0.372. The Morgan fingerprint density at radius 1 is 1.12 bits per heavy atom. The quantitative estimate of drug-likeness (QED) is 0.753. The summed E-state index contributed by atoms with van der Waals surface area (Å²) in [7, 11) is 0. The fourth-order valence-corrected chi connectivity index (χ4v) is 2.26. The van der Waals surface area contributed by atoms with Gasteiger partial charge in [-0.05, 0) is 12.8 Å². The lowest BCUT2D eigenvalue weighted by molar-refractivity contribution is -0.0190. The van der Waals surface area contributed by atoms with Gasteiger partial charge in [0.2, 0.25) is 0 Å². The van der Waals surface area contributed by atoms with Gasteiger partial charge in [0.15, 0.2) is 0 Å². The van der Waals surface area contributed by atoms with E-state index in [1.54, 1.807) is 0 Å². The molecule has 2 N–H and O–H groups in total. The van der Waals surface area contributed by atoms with Crippen LogP contribution in [0.3, 0.4) is 0 Å². The van der Waals surface area contributed by atoms with Crippen LogP contribution in [0.15, 0.2) is 0 Å². The van der Waals surface area contributed by atoms with E-state index >= 15 is 0 Å². The molecule has 0 amide bonds. The molecule has 17 heavy (non-hydrogen) atoms. The number of hydrogen-bond acceptors (Lipinski definition) is 3. The average molecular weight is 243 g/mol. The third-order valence-electron chi connectivity index (χ3n) is 3.34. The Hall–Kier alpha value is -0.120. The predicted octanol–water partition coefficient (Wildman–Crippen LogP) is 2.47. The normalized spacial score (nSPS) is 21.2. The fraction of sp³-hybridized carbons (Fsp3) is 1.00. The van der Waals surface area contributed by atoms with Gasteiger partial charge in [-0.2, -0.15) is 0 Å². The second kappa shape index (κ2) is 8.90. The molecule has 1 unspecified atom stereocenters. The molecule has 0 spiro atoms. The monoisotopic (exact) mass is 243 g/mol. The van der Waals surface area contributed by atoms with Gasteiger partial charge in [-0.1, -0.05) is 46.0 Å². The van der Waals surface area contributed by atoms with Crippen LogP contribution in [0.1, 0.15) is 58.8 Å². The second-order valence-corrected chi connectivity index (χ2v) is 5.52. The molecule has 1 aliphatic carbocycles. The molecule has 1 atom stereocenters. The lowest BCUT2D eigenvalue weighted by Crippen LogP contribution is -2.35. The molecule has 0 bridgehead atoms. The van der Waals surface area contributed by atoms with E-state index in [0.29, 0.717) is 25.3 Å². The highest BCUT2D eigenvalue weighted by atomic mass is 16.5. The summed E-state index contributed by atoms with van der Waals surface area (Å²) in [5.41, 5.74) is 0. The first-order valence-electron chi connectivity index (χ1n) is 7.21. The van der Waals surface area contributed by atoms with Crippen molar-refractivity contribution in [2.75, 3.05) is 13.2 Å². The molecule has 0 aromatic heterocycles. The van der Waals surface area contributed by atoms with Crippen molar-refractivity contribution in [1.29, 1.82) is 0 Å². The number of rotatable bonds is 6. The number of hydrogen-bond donors (Lipinski definition) is 2. The third kappa shape index (κ3) is 7.74. The van der Waals surface area contributed by atoms with Crippen molar-refractivity contribution in [2.45, 2.75) is 77.0 Å². The third-order valence-corrected chi connectivity index (χ3v) is 3.34. The van der Waals surface area contributed by atoms with Gasteiger partial charge >= 0.3 is 0 Å². The van der Waals surface area contributed by atoms with Gasteiger partial charge in [-0.15, -0.1) is 0 Å². The van der Waals surface area contributed by atoms with Crippen molar-refractivity contribution in [1.82, 2.24) is 5.32 Å². The van der Waals surface area contributed by atoms with E-state index in [4.69, 9.17) is 4.74 Å². The Morgan fingerprint density at radius 2 is 1.71 bits per heavy atom. The van der Waals surface area contributed by atoms with E-state index in [0.717, 1.165) is 0 Å². The van der Waals surface area contributed by atoms with Gasteiger partial charge in [0.25, 0.3) is 0 Å². The molecule has 0 radical (unpaired) electrons. The Labute approximate surface area is 106 Å². The van der Waals surface area contributed by atoms with Crippen LogP contribution in [-0.4, -0.2) is 36.5 Å². The first-order chi connectivity index (χ1) is 8.18. The summed E-state index contributed by atoms with van der Waals surface area (Å²) in [6.07, 6.45) is 8.99. The molecule has 0 saturated heterocycles. The van der Waals surface area contributed by atoms with Crippen LogP contribution in [0.4, 0.5) is 0 Å². The van der Waals surface area contributed by atoms with Crippen LogP contribution in [0.5, 0.6) is 0 Å². The zero-order valence-corrected chi connectivity index (χ0v) is 11.5. The van der Waals surface area contributed by atoms with Crippen molar-refractivity contribution in [3.05, 3.63) is 0 Å². The van der Waals surface area contributed by atoms with E-state index in [-0.39, 0.29) is 6.10 Å². The molecular weight excluding hydrogens is 214 g/mol. The van der Waals surface area contributed by atoms with E-state index in [2.05, 4.69) is 19.2 Å². The van der Waals surface area contributed by atoms with Gasteiger partial charge in [-0.3, -0.25) is 0 Å². The molecule has 102 valence electrons. The van der Waals surface area contributed by atoms with Crippen molar-refractivity contribution in [3.63, 3.8) is 0 Å². The van der Waals surface area contributed by atoms with E-state index < -0.39 is 0 Å². The second-order valence-electron chi connectivity index (χ2n) is 5.52. The number of aliphatic hydroxyl groups is 1. The van der Waals surface area contributed by atoms with Crippen LogP contribution in [0.25, 0.3) is 0 Å². The minimum Gasteiger partial charge on any atom is -0.389 e. The summed E-state index contributed by atoms with van der Waals surface area (Å²) >= 11 is 0. The maximum Gasteiger partial charge on any atom is 0.0897 e. The molecule has 1 saturated carbocycles. The number of aliphatic hydroxyl groups excluding tert-OH is 1. The van der Waals surface area contributed by atoms with Gasteiger partial charge in [0.1, 0.15) is 0 Å². The van der Waals surface area contributed by atoms with E-state index in [1.165, 1.54) is 44.9 Å². The summed E-state index contributed by atoms with van der Waals surface area (Å²) in [6.45, 7) is 5.28. The molecule has 1 rings (SSSR count). The maximum atomic E-state index is 9.77. The highest BCUT2D eigenvalue weighted by molar-refractivity contribution is 4.66. The lowest BCUT2D eigenvalue weighted by Gasteiger charge is -2.22. The lowest BCUT2D eigenvalue weighted by atomic mass is 9.98. The summed E-state index contributed by atoms with van der Waals surface area (Å²) in [5.74, 6) is 0. The Morgan fingerprint density at radius 3 is 2.29 bits per heavy atom. The van der Waals surface area contributed by atoms with Gasteiger partial charge in [0, 0.05) is 12.6 Å². The first kappa shape index (κ1) is 14.9. The molecule has 0 heterocycles. The highest BCUT2D eigenvalue weighted by Gasteiger charge is 2.13. The van der Waals surface area contributed by atoms with Crippen LogP contribution >= 0.6 is 0 Å². The first-order valence-corrected chi connectivity index (χ1v) is 7.21. The van der Waals surface area contributed by atoms with Crippen molar-refractivity contribution >= 4 is 0 Å². The molecule has 0 aromatic rings. The fourth-order valence-electron chi connectivity index (χ4n) is 2.26. The van der Waals surface area contributed by atoms with E-state index in [1.807, 2.05) is 0 Å². The minimum absolute atomic E-state index is 0.372. The largest absolute Gasteiger partial charge is 0.389 e. The molecule has 3 nitrogen and oxygen atoms in total. The zero-order chi connectivity index (χ0) is 12.5. The molecule has 1 aliphatic rings. The SMILES string of the molecule is CC(C)NCC(O)COC1CCCCCCC1. The van der Waals surface area contributed by atoms with E-state index in [9.17, 15) is 5.11 Å². The smallest absolute Gasteiger partial charge is 0.0897 e. The predicted molar refractivity (Wildman–Crippen MR) is 71.2 cm³/mol. The molecule has 0 aromatic carbocycles. The highest BCUT2D eigenvalue weighted by Crippen LogP contribution is 2.19. The Bertz CT molecular complexity index is 177. The summed E-state index contributed by atoms with van der Waals surface area (Å²) in [4.78, 5) is 0. The zero-order valence-electron chi connectivity index (χ0n) is 11.5. The molecule has 0 aliphatic heterocycles. The topological polar surface area (TPSA) is 41.5 Å². The average Bonchev–Trinajstić information content (AvgIpc) is 2.24. The van der Waals surface area contributed by atoms with Crippen LogP contribution < -0.4 is 5.32 Å². The molecule has 1 fully saturated rings. The van der Waals surface area contributed by atoms with Gasteiger partial charge < -0.3 is 15.2 Å². The number of nitrogens with one attached hydrogen (secondary N) is 1. The molecular formula is C14H29NO2. The Kier molecular flexibility index (Phi) is 7.82. The van der Waals surface area contributed by atoms with Crippen molar-refractivity contribution in [3.8, 4) is 0 Å². The van der Waals surface area contributed by atoms with Crippen molar-refractivity contribution in [2.24, 2.45) is 0 Å². The maximum absolute atomic E-state index is 9.77. The van der Waals surface area contributed by atoms with Crippen LogP contribution in [0.2, 0.25) is 0 Å². The van der Waals surface area contributed by atoms with Crippen LogP contribution in [0, 0.1) is 0 Å². The standard InChI is InChI=1S/C14H29NO2/c1-12(2)15-10-13(16)11-17-14-8-6-4-3-5-7-9-14/h12-16H,3-11H2,1-2H3. The Balaban J connectivity index is 2.10.